The number of thiocarbonyl (C=S) groups is 1. The molecule has 0 aliphatic carbocycles. The smallest absolute Gasteiger partial charge is 0.0785 e. The Bertz CT molecular complexity index is 346. The van der Waals surface area contributed by atoms with Crippen molar-refractivity contribution in [1.82, 2.24) is 0 Å². The number of benzene rings is 1. The van der Waals surface area contributed by atoms with E-state index in [1.807, 2.05) is 18.2 Å². The molecule has 0 aliphatic rings. The van der Waals surface area contributed by atoms with Crippen molar-refractivity contribution < 1.29 is 0 Å². The van der Waals surface area contributed by atoms with E-state index >= 15 is 0 Å². The fraction of sp³-hybridized carbons (Fsp3) is 0.462. The maximum Gasteiger partial charge on any atom is 0.0785 e. The van der Waals surface area contributed by atoms with Gasteiger partial charge in [-0.15, -0.1) is 0 Å². The van der Waals surface area contributed by atoms with E-state index < -0.39 is 0 Å². The summed E-state index contributed by atoms with van der Waals surface area (Å²) in [6.07, 6.45) is 0.966. The summed E-state index contributed by atoms with van der Waals surface area (Å²) < 4.78 is 0. The van der Waals surface area contributed by atoms with Crippen LogP contribution in [0.2, 0.25) is 0 Å². The Balaban J connectivity index is 2.54. The summed E-state index contributed by atoms with van der Waals surface area (Å²) in [7, 11) is 2.09. The third kappa shape index (κ3) is 3.49. The summed E-state index contributed by atoms with van der Waals surface area (Å²) in [5.41, 5.74) is 6.86. The maximum absolute atomic E-state index is 5.71. The van der Waals surface area contributed by atoms with Gasteiger partial charge in [-0.1, -0.05) is 44.3 Å². The van der Waals surface area contributed by atoms with E-state index in [9.17, 15) is 0 Å². The Hall–Kier alpha value is -1.09. The quantitative estimate of drug-likeness (QED) is 0.797. The highest BCUT2D eigenvalue weighted by Gasteiger charge is 2.21. The van der Waals surface area contributed by atoms with Crippen LogP contribution in [0.3, 0.4) is 0 Å². The molecule has 0 spiro atoms. The summed E-state index contributed by atoms with van der Waals surface area (Å²) in [6, 6.07) is 10.3. The lowest BCUT2D eigenvalue weighted by Crippen LogP contribution is -2.33. The van der Waals surface area contributed by atoms with Crippen LogP contribution in [-0.2, 0) is 0 Å². The van der Waals surface area contributed by atoms with Crippen LogP contribution in [0.15, 0.2) is 30.3 Å². The molecule has 0 saturated carbocycles. The topological polar surface area (TPSA) is 29.3 Å². The molecule has 0 aliphatic heterocycles. The van der Waals surface area contributed by atoms with Crippen molar-refractivity contribution in [2.45, 2.75) is 20.3 Å². The molecule has 2 nitrogen and oxygen atoms in total. The lowest BCUT2D eigenvalue weighted by Gasteiger charge is -2.27. The largest absolute Gasteiger partial charge is 0.393 e. The number of para-hydroxylation sites is 1. The molecule has 0 fully saturated rings. The number of hydrogen-bond donors (Lipinski definition) is 1. The number of hydrogen-bond acceptors (Lipinski definition) is 2. The maximum atomic E-state index is 5.71. The predicted octanol–water partition coefficient (Wildman–Crippen LogP) is 2.83. The van der Waals surface area contributed by atoms with Gasteiger partial charge in [-0.05, 0) is 18.6 Å². The van der Waals surface area contributed by atoms with Crippen molar-refractivity contribution in [1.29, 1.82) is 0 Å². The van der Waals surface area contributed by atoms with Gasteiger partial charge in [-0.25, -0.2) is 0 Å². The standard InChI is InChI=1S/C13H20N2S/c1-13(2,12(14)16)9-10-15(3)11-7-5-4-6-8-11/h4-8H,9-10H2,1-3H3,(H2,14,16). The molecule has 1 rings (SSSR count). The highest BCUT2D eigenvalue weighted by Crippen LogP contribution is 2.22. The first kappa shape index (κ1) is 13.0. The van der Waals surface area contributed by atoms with Crippen LogP contribution < -0.4 is 10.6 Å². The molecule has 1 aromatic rings. The first-order chi connectivity index (χ1) is 7.43. The highest BCUT2D eigenvalue weighted by molar-refractivity contribution is 7.80. The van der Waals surface area contributed by atoms with E-state index in [-0.39, 0.29) is 5.41 Å². The van der Waals surface area contributed by atoms with E-state index in [0.29, 0.717) is 4.99 Å². The molecular formula is C13H20N2S. The van der Waals surface area contributed by atoms with E-state index in [0.717, 1.165) is 13.0 Å². The number of nitrogens with two attached hydrogens (primary N) is 1. The first-order valence-electron chi connectivity index (χ1n) is 5.49. The van der Waals surface area contributed by atoms with Crippen molar-refractivity contribution in [2.24, 2.45) is 11.1 Å². The van der Waals surface area contributed by atoms with Crippen molar-refractivity contribution in [3.8, 4) is 0 Å². The number of nitrogens with zero attached hydrogens (tertiary/aromatic N) is 1. The van der Waals surface area contributed by atoms with Crippen molar-refractivity contribution in [2.75, 3.05) is 18.5 Å². The van der Waals surface area contributed by atoms with Crippen LogP contribution >= 0.6 is 12.2 Å². The van der Waals surface area contributed by atoms with E-state index in [2.05, 4.69) is 37.9 Å². The Morgan fingerprint density at radius 2 is 1.88 bits per heavy atom. The molecular weight excluding hydrogens is 216 g/mol. The third-order valence-electron chi connectivity index (χ3n) is 2.94. The molecule has 0 amide bonds. The monoisotopic (exact) mass is 236 g/mol. The van der Waals surface area contributed by atoms with Crippen LogP contribution in [0.1, 0.15) is 20.3 Å². The van der Waals surface area contributed by atoms with Crippen molar-refractivity contribution in [3.05, 3.63) is 30.3 Å². The molecule has 88 valence electrons. The van der Waals surface area contributed by atoms with Crippen LogP contribution in [0.4, 0.5) is 5.69 Å². The van der Waals surface area contributed by atoms with Crippen molar-refractivity contribution in [3.63, 3.8) is 0 Å². The van der Waals surface area contributed by atoms with E-state index in [1.54, 1.807) is 0 Å². The molecule has 0 aromatic heterocycles. The molecule has 0 saturated heterocycles. The molecule has 1 aromatic carbocycles. The molecule has 16 heavy (non-hydrogen) atoms. The first-order valence-corrected chi connectivity index (χ1v) is 5.90. The van der Waals surface area contributed by atoms with Crippen LogP contribution in [0.5, 0.6) is 0 Å². The summed E-state index contributed by atoms with van der Waals surface area (Å²) >= 11 is 5.06. The minimum Gasteiger partial charge on any atom is -0.393 e. The van der Waals surface area contributed by atoms with Gasteiger partial charge in [0.1, 0.15) is 0 Å². The average Bonchev–Trinajstić information content (AvgIpc) is 2.27. The Morgan fingerprint density at radius 3 is 2.38 bits per heavy atom. The second-order valence-electron chi connectivity index (χ2n) is 4.76. The molecule has 0 heterocycles. The van der Waals surface area contributed by atoms with Gasteiger partial charge in [-0.3, -0.25) is 0 Å². The van der Waals surface area contributed by atoms with Crippen LogP contribution in [0.25, 0.3) is 0 Å². The van der Waals surface area contributed by atoms with Gasteiger partial charge in [0.05, 0.1) is 4.99 Å². The molecule has 3 heteroatoms. The zero-order chi connectivity index (χ0) is 12.2. The van der Waals surface area contributed by atoms with Gasteiger partial charge >= 0.3 is 0 Å². The fourth-order valence-corrected chi connectivity index (χ4v) is 1.48. The minimum atomic E-state index is -0.0711. The van der Waals surface area contributed by atoms with Gasteiger partial charge in [0.2, 0.25) is 0 Å². The molecule has 0 bridgehead atoms. The lowest BCUT2D eigenvalue weighted by atomic mass is 9.89. The van der Waals surface area contributed by atoms with Gasteiger partial charge in [0, 0.05) is 24.7 Å². The Kier molecular flexibility index (Phi) is 4.30. The van der Waals surface area contributed by atoms with Crippen LogP contribution in [-0.4, -0.2) is 18.6 Å². The molecule has 0 radical (unpaired) electrons. The summed E-state index contributed by atoms with van der Waals surface area (Å²) in [4.78, 5) is 2.81. The number of anilines is 1. The highest BCUT2D eigenvalue weighted by atomic mass is 32.1. The molecule has 2 N–H and O–H groups in total. The van der Waals surface area contributed by atoms with Crippen LogP contribution in [0, 0.1) is 5.41 Å². The minimum absolute atomic E-state index is 0.0711. The Labute approximate surface area is 103 Å². The summed E-state index contributed by atoms with van der Waals surface area (Å²) in [6.45, 7) is 5.14. The average molecular weight is 236 g/mol. The zero-order valence-electron chi connectivity index (χ0n) is 10.2. The van der Waals surface area contributed by atoms with Crippen molar-refractivity contribution >= 4 is 22.9 Å². The SMILES string of the molecule is CN(CCC(C)(C)C(N)=S)c1ccccc1. The van der Waals surface area contributed by atoms with Gasteiger partial charge < -0.3 is 10.6 Å². The van der Waals surface area contributed by atoms with Gasteiger partial charge in [-0.2, -0.15) is 0 Å². The Morgan fingerprint density at radius 1 is 1.31 bits per heavy atom. The predicted molar refractivity (Wildman–Crippen MR) is 74.9 cm³/mol. The third-order valence-corrected chi connectivity index (χ3v) is 3.49. The second kappa shape index (κ2) is 5.30. The van der Waals surface area contributed by atoms with E-state index in [1.165, 1.54) is 5.69 Å². The lowest BCUT2D eigenvalue weighted by molar-refractivity contribution is 0.481. The number of rotatable bonds is 5. The van der Waals surface area contributed by atoms with Gasteiger partial charge in [0.15, 0.2) is 0 Å². The second-order valence-corrected chi connectivity index (χ2v) is 5.20. The summed E-state index contributed by atoms with van der Waals surface area (Å²) in [5, 5.41) is 0. The summed E-state index contributed by atoms with van der Waals surface area (Å²) in [5.74, 6) is 0. The normalized spacial score (nSPS) is 11.2. The fourth-order valence-electron chi connectivity index (χ4n) is 1.38. The molecule has 0 unspecified atom stereocenters. The van der Waals surface area contributed by atoms with E-state index in [4.69, 9.17) is 18.0 Å². The van der Waals surface area contributed by atoms with Gasteiger partial charge in [0.25, 0.3) is 0 Å². The zero-order valence-corrected chi connectivity index (χ0v) is 11.1. The molecule has 0 atom stereocenters.